The summed E-state index contributed by atoms with van der Waals surface area (Å²) < 4.78 is 13.7. The number of nitrogens with two attached hydrogens (primary N) is 1. The van der Waals surface area contributed by atoms with Crippen LogP contribution in [0.25, 0.3) is 10.6 Å². The smallest absolute Gasteiger partial charge is 0.137 e. The fraction of sp³-hybridized carbons (Fsp3) is 0.308. The second-order valence-corrected chi connectivity index (χ2v) is 6.39. The molecule has 0 saturated heterocycles. The average molecular weight is 327 g/mol. The zero-order valence-corrected chi connectivity index (χ0v) is 12.0. The van der Waals surface area contributed by atoms with E-state index in [9.17, 15) is 4.39 Å². The summed E-state index contributed by atoms with van der Waals surface area (Å²) in [4.78, 5) is 5.90. The van der Waals surface area contributed by atoms with Crippen LogP contribution in [0.4, 0.5) is 4.39 Å². The zero-order chi connectivity index (χ0) is 12.7. The van der Waals surface area contributed by atoms with Crippen molar-refractivity contribution in [3.8, 4) is 10.6 Å². The summed E-state index contributed by atoms with van der Waals surface area (Å²) in [7, 11) is 0. The Morgan fingerprint density at radius 1 is 1.44 bits per heavy atom. The Bertz CT molecular complexity index is 597. The fourth-order valence-electron chi connectivity index (χ4n) is 2.20. The summed E-state index contributed by atoms with van der Waals surface area (Å²) in [6, 6.07) is 5.04. The predicted molar refractivity (Wildman–Crippen MR) is 75.1 cm³/mol. The van der Waals surface area contributed by atoms with E-state index >= 15 is 0 Å². The number of aromatic nitrogens is 1. The molecule has 2 N–H and O–H groups in total. The summed E-state index contributed by atoms with van der Waals surface area (Å²) in [5.74, 6) is -0.253. The maximum Gasteiger partial charge on any atom is 0.137 e. The summed E-state index contributed by atoms with van der Waals surface area (Å²) in [5, 5.41) is 0.929. The number of hydrogen-bond acceptors (Lipinski definition) is 3. The van der Waals surface area contributed by atoms with Crippen molar-refractivity contribution in [2.24, 2.45) is 5.73 Å². The van der Waals surface area contributed by atoms with Gasteiger partial charge in [-0.25, -0.2) is 9.37 Å². The molecule has 1 aromatic heterocycles. The fourth-order valence-corrected chi connectivity index (χ4v) is 3.75. The molecule has 1 aliphatic carbocycles. The third-order valence-electron chi connectivity index (χ3n) is 3.16. The van der Waals surface area contributed by atoms with Gasteiger partial charge in [-0.05, 0) is 53.4 Å². The minimum absolute atomic E-state index is 0.0580. The highest BCUT2D eigenvalue weighted by molar-refractivity contribution is 9.10. The topological polar surface area (TPSA) is 38.9 Å². The van der Waals surface area contributed by atoms with Crippen molar-refractivity contribution in [3.63, 3.8) is 0 Å². The molecule has 0 aliphatic heterocycles. The van der Waals surface area contributed by atoms with E-state index in [0.29, 0.717) is 4.47 Å². The Balaban J connectivity index is 2.04. The third kappa shape index (κ3) is 2.11. The molecule has 94 valence electrons. The predicted octanol–water partition coefficient (Wildman–Crippen LogP) is 4.05. The molecule has 0 radical (unpaired) electrons. The molecule has 18 heavy (non-hydrogen) atoms. The number of nitrogens with zero attached hydrogens (tertiary/aromatic N) is 1. The van der Waals surface area contributed by atoms with E-state index in [0.717, 1.165) is 35.5 Å². The summed E-state index contributed by atoms with van der Waals surface area (Å²) in [6.45, 7) is 0. The molecular weight excluding hydrogens is 315 g/mol. The van der Waals surface area contributed by atoms with E-state index in [1.165, 1.54) is 10.9 Å². The van der Waals surface area contributed by atoms with Crippen LogP contribution in [0, 0.1) is 5.82 Å². The summed E-state index contributed by atoms with van der Waals surface area (Å²) >= 11 is 4.88. The number of aryl methyl sites for hydroxylation is 1. The molecule has 0 bridgehead atoms. The van der Waals surface area contributed by atoms with Gasteiger partial charge in [0, 0.05) is 16.5 Å². The van der Waals surface area contributed by atoms with Gasteiger partial charge in [0.15, 0.2) is 0 Å². The molecule has 1 aliphatic rings. The van der Waals surface area contributed by atoms with Crippen LogP contribution in [-0.2, 0) is 6.42 Å². The van der Waals surface area contributed by atoms with E-state index in [-0.39, 0.29) is 11.9 Å². The normalized spacial score (nSPS) is 18.7. The van der Waals surface area contributed by atoms with Crippen LogP contribution in [0.3, 0.4) is 0 Å². The minimum atomic E-state index is -0.253. The first-order chi connectivity index (χ1) is 8.65. The standard InChI is InChI=1S/C13H12BrFN2S/c14-8-6-7(4-5-9(8)15)13-17-12-10(16)2-1-3-11(12)18-13/h4-6,10H,1-3,16H2. The van der Waals surface area contributed by atoms with Crippen LogP contribution in [0.1, 0.15) is 29.5 Å². The second kappa shape index (κ2) is 4.72. The molecule has 2 nitrogen and oxygen atoms in total. The lowest BCUT2D eigenvalue weighted by molar-refractivity contribution is 0.564. The second-order valence-electron chi connectivity index (χ2n) is 4.46. The first-order valence-electron chi connectivity index (χ1n) is 5.86. The highest BCUT2D eigenvalue weighted by atomic mass is 79.9. The average Bonchev–Trinajstić information content (AvgIpc) is 2.78. The molecule has 0 fully saturated rings. The van der Waals surface area contributed by atoms with Crippen molar-refractivity contribution in [1.29, 1.82) is 0 Å². The van der Waals surface area contributed by atoms with E-state index in [4.69, 9.17) is 5.73 Å². The Labute approximate surface area is 117 Å². The molecule has 1 aromatic carbocycles. The molecule has 5 heteroatoms. The molecule has 0 spiro atoms. The number of rotatable bonds is 1. The first-order valence-corrected chi connectivity index (χ1v) is 7.46. The van der Waals surface area contributed by atoms with Gasteiger partial charge in [0.1, 0.15) is 10.8 Å². The highest BCUT2D eigenvalue weighted by Gasteiger charge is 2.22. The van der Waals surface area contributed by atoms with Crippen LogP contribution in [-0.4, -0.2) is 4.98 Å². The number of fused-ring (bicyclic) bond motifs is 1. The van der Waals surface area contributed by atoms with Crippen LogP contribution in [0.5, 0.6) is 0 Å². The molecular formula is C13H12BrFN2S. The van der Waals surface area contributed by atoms with Gasteiger partial charge in [-0.15, -0.1) is 11.3 Å². The van der Waals surface area contributed by atoms with Crippen molar-refractivity contribution in [2.75, 3.05) is 0 Å². The van der Waals surface area contributed by atoms with E-state index in [1.807, 2.05) is 0 Å². The molecule has 0 saturated carbocycles. The lowest BCUT2D eigenvalue weighted by atomic mass is 9.99. The Morgan fingerprint density at radius 2 is 2.28 bits per heavy atom. The Kier molecular flexibility index (Phi) is 3.21. The number of benzene rings is 1. The van der Waals surface area contributed by atoms with Crippen molar-refractivity contribution in [3.05, 3.63) is 39.1 Å². The van der Waals surface area contributed by atoms with Gasteiger partial charge in [-0.3, -0.25) is 0 Å². The molecule has 1 atom stereocenters. The highest BCUT2D eigenvalue weighted by Crippen LogP contribution is 2.36. The van der Waals surface area contributed by atoms with Crippen LogP contribution in [0.2, 0.25) is 0 Å². The maximum absolute atomic E-state index is 13.2. The molecule has 1 heterocycles. The number of hydrogen-bond donors (Lipinski definition) is 1. The molecule has 0 amide bonds. The third-order valence-corrected chi connectivity index (χ3v) is 4.95. The monoisotopic (exact) mass is 326 g/mol. The van der Waals surface area contributed by atoms with E-state index in [2.05, 4.69) is 20.9 Å². The van der Waals surface area contributed by atoms with Gasteiger partial charge in [0.05, 0.1) is 10.2 Å². The van der Waals surface area contributed by atoms with Gasteiger partial charge in [-0.2, -0.15) is 0 Å². The zero-order valence-electron chi connectivity index (χ0n) is 9.62. The number of halogens is 2. The van der Waals surface area contributed by atoms with Crippen LogP contribution in [0.15, 0.2) is 22.7 Å². The van der Waals surface area contributed by atoms with Gasteiger partial charge < -0.3 is 5.73 Å². The van der Waals surface area contributed by atoms with Gasteiger partial charge in [-0.1, -0.05) is 0 Å². The van der Waals surface area contributed by atoms with Gasteiger partial charge >= 0.3 is 0 Å². The molecule has 1 unspecified atom stereocenters. The SMILES string of the molecule is NC1CCCc2sc(-c3ccc(F)c(Br)c3)nc21. The largest absolute Gasteiger partial charge is 0.323 e. The van der Waals surface area contributed by atoms with E-state index in [1.54, 1.807) is 23.5 Å². The van der Waals surface area contributed by atoms with Gasteiger partial charge in [0.2, 0.25) is 0 Å². The molecule has 3 rings (SSSR count). The first kappa shape index (κ1) is 12.3. The van der Waals surface area contributed by atoms with Crippen molar-refractivity contribution < 1.29 is 4.39 Å². The summed E-state index contributed by atoms with van der Waals surface area (Å²) in [6.07, 6.45) is 3.19. The van der Waals surface area contributed by atoms with Crippen molar-refractivity contribution >= 4 is 27.3 Å². The van der Waals surface area contributed by atoms with Gasteiger partial charge in [0.25, 0.3) is 0 Å². The quantitative estimate of drug-likeness (QED) is 0.858. The lowest BCUT2D eigenvalue weighted by Crippen LogP contribution is -2.16. The number of thiazole rings is 1. The van der Waals surface area contributed by atoms with Crippen LogP contribution < -0.4 is 5.73 Å². The summed E-state index contributed by atoms with van der Waals surface area (Å²) in [5.41, 5.74) is 8.04. The Morgan fingerprint density at radius 3 is 3.00 bits per heavy atom. The maximum atomic E-state index is 13.2. The van der Waals surface area contributed by atoms with Crippen molar-refractivity contribution in [2.45, 2.75) is 25.3 Å². The minimum Gasteiger partial charge on any atom is -0.323 e. The van der Waals surface area contributed by atoms with Crippen molar-refractivity contribution in [1.82, 2.24) is 4.98 Å². The lowest BCUT2D eigenvalue weighted by Gasteiger charge is -2.15. The molecule has 2 aromatic rings. The van der Waals surface area contributed by atoms with E-state index < -0.39 is 0 Å². The van der Waals surface area contributed by atoms with Crippen LogP contribution >= 0.6 is 27.3 Å². The Hall–Kier alpha value is -0.780.